The van der Waals surface area contributed by atoms with Crippen LogP contribution in [0.25, 0.3) is 0 Å². The van der Waals surface area contributed by atoms with Crippen LogP contribution >= 0.6 is 0 Å². The Bertz CT molecular complexity index is 266. The van der Waals surface area contributed by atoms with Gasteiger partial charge < -0.3 is 24.1 Å². The molecule has 0 aliphatic heterocycles. The van der Waals surface area contributed by atoms with Crippen LogP contribution in [0.2, 0.25) is 0 Å². The average Bonchev–Trinajstić information content (AvgIpc) is 2.33. The molecule has 0 spiro atoms. The van der Waals surface area contributed by atoms with Crippen LogP contribution in [0.15, 0.2) is 0 Å². The van der Waals surface area contributed by atoms with Crippen molar-refractivity contribution in [2.24, 2.45) is 0 Å². The molecule has 20 heavy (non-hydrogen) atoms. The molecule has 1 amide bonds. The van der Waals surface area contributed by atoms with Crippen molar-refractivity contribution in [1.82, 2.24) is 4.90 Å². The van der Waals surface area contributed by atoms with Crippen molar-refractivity contribution in [3.05, 3.63) is 0 Å². The van der Waals surface area contributed by atoms with Crippen LogP contribution in [-0.4, -0.2) is 68.2 Å². The second-order valence-corrected chi connectivity index (χ2v) is 5.13. The lowest BCUT2D eigenvalue weighted by atomic mass is 10.2. The highest BCUT2D eigenvalue weighted by Gasteiger charge is 2.27. The molecule has 0 bridgehead atoms. The van der Waals surface area contributed by atoms with E-state index in [0.717, 1.165) is 0 Å². The number of carbonyl (C=O) groups is 1. The number of hydrogen-bond acceptors (Lipinski definition) is 6. The summed E-state index contributed by atoms with van der Waals surface area (Å²) in [5.74, 6) is 0. The topological polar surface area (TPSA) is 77.5 Å². The highest BCUT2D eigenvalue weighted by Crippen LogP contribution is 2.11. The number of methoxy groups -OCH3 is 1. The first-order valence-electron chi connectivity index (χ1n) is 6.64. The first-order chi connectivity index (χ1) is 9.31. The number of carbonyl (C=O) groups excluding carboxylic acids is 1. The predicted molar refractivity (Wildman–Crippen MR) is 73.3 cm³/mol. The summed E-state index contributed by atoms with van der Waals surface area (Å²) in [6.45, 7) is 8.17. The van der Waals surface area contributed by atoms with Gasteiger partial charge in [-0.3, -0.25) is 4.90 Å². The lowest BCUT2D eigenvalue weighted by molar-refractivity contribution is -0.113. The van der Waals surface area contributed by atoms with Gasteiger partial charge >= 0.3 is 6.09 Å². The number of nitrogens with zero attached hydrogens (tertiary/aromatic N) is 1. The first-order valence-corrected chi connectivity index (χ1v) is 6.64. The van der Waals surface area contributed by atoms with Gasteiger partial charge in [-0.1, -0.05) is 0 Å². The summed E-state index contributed by atoms with van der Waals surface area (Å²) in [4.78, 5) is 13.2. The third-order valence-electron chi connectivity index (χ3n) is 2.16. The molecule has 7 heteroatoms. The quantitative estimate of drug-likeness (QED) is 0.508. The van der Waals surface area contributed by atoms with Crippen LogP contribution in [0.1, 0.15) is 27.7 Å². The Morgan fingerprint density at radius 2 is 1.95 bits per heavy atom. The van der Waals surface area contributed by atoms with Crippen LogP contribution in [0.4, 0.5) is 4.79 Å². The van der Waals surface area contributed by atoms with Gasteiger partial charge in [0.25, 0.3) is 0 Å². The third-order valence-corrected chi connectivity index (χ3v) is 2.16. The van der Waals surface area contributed by atoms with E-state index < -0.39 is 17.9 Å². The van der Waals surface area contributed by atoms with E-state index in [1.807, 2.05) is 6.92 Å². The molecule has 0 saturated heterocycles. The molecule has 1 unspecified atom stereocenters. The van der Waals surface area contributed by atoms with E-state index in [1.165, 1.54) is 12.0 Å². The minimum atomic E-state index is -1.11. The van der Waals surface area contributed by atoms with E-state index in [4.69, 9.17) is 18.9 Å². The van der Waals surface area contributed by atoms with E-state index in [2.05, 4.69) is 0 Å². The summed E-state index contributed by atoms with van der Waals surface area (Å²) >= 11 is 0. The summed E-state index contributed by atoms with van der Waals surface area (Å²) < 4.78 is 20.3. The van der Waals surface area contributed by atoms with Crippen molar-refractivity contribution in [2.75, 3.05) is 40.3 Å². The number of ether oxygens (including phenoxy) is 4. The maximum Gasteiger partial charge on any atom is 0.412 e. The maximum absolute atomic E-state index is 12.0. The summed E-state index contributed by atoms with van der Waals surface area (Å²) in [6, 6.07) is 0. The average molecular weight is 293 g/mol. The van der Waals surface area contributed by atoms with E-state index in [-0.39, 0.29) is 19.9 Å². The molecular formula is C13H27NO6. The van der Waals surface area contributed by atoms with Crippen LogP contribution in [0, 0.1) is 0 Å². The normalized spacial score (nSPS) is 13.1. The summed E-state index contributed by atoms with van der Waals surface area (Å²) in [6.07, 6.45) is -1.72. The molecule has 0 aromatic rings. The van der Waals surface area contributed by atoms with Crippen molar-refractivity contribution in [3.63, 3.8) is 0 Å². The third kappa shape index (κ3) is 9.08. The van der Waals surface area contributed by atoms with Gasteiger partial charge in [-0.05, 0) is 27.7 Å². The van der Waals surface area contributed by atoms with Crippen LogP contribution in [0.5, 0.6) is 0 Å². The minimum Gasteiger partial charge on any atom is -0.444 e. The Balaban J connectivity index is 4.40. The molecule has 0 fully saturated rings. The number of amides is 1. The van der Waals surface area contributed by atoms with Gasteiger partial charge in [0.05, 0.1) is 13.2 Å². The van der Waals surface area contributed by atoms with Crippen molar-refractivity contribution < 1.29 is 28.8 Å². The lowest BCUT2D eigenvalue weighted by Crippen LogP contribution is -2.47. The summed E-state index contributed by atoms with van der Waals surface area (Å²) in [5.41, 5.74) is -0.631. The monoisotopic (exact) mass is 293 g/mol. The Kier molecular flexibility index (Phi) is 9.49. The van der Waals surface area contributed by atoms with Gasteiger partial charge in [0.15, 0.2) is 6.23 Å². The molecule has 0 saturated carbocycles. The Hall–Kier alpha value is -0.890. The number of aliphatic hydroxyl groups excluding tert-OH is 1. The molecule has 120 valence electrons. The zero-order valence-electron chi connectivity index (χ0n) is 13.0. The van der Waals surface area contributed by atoms with E-state index in [9.17, 15) is 9.90 Å². The maximum atomic E-state index is 12.0. The zero-order valence-corrected chi connectivity index (χ0v) is 13.0. The zero-order chi connectivity index (χ0) is 15.6. The Morgan fingerprint density at radius 1 is 1.30 bits per heavy atom. The van der Waals surface area contributed by atoms with Crippen molar-refractivity contribution >= 4 is 6.09 Å². The van der Waals surface area contributed by atoms with E-state index >= 15 is 0 Å². The second-order valence-electron chi connectivity index (χ2n) is 5.13. The SMILES string of the molecule is CCOCOCC(O)N(CCOC)C(=O)OC(C)(C)C. The molecule has 0 aromatic heterocycles. The molecule has 7 nitrogen and oxygen atoms in total. The van der Waals surface area contributed by atoms with Gasteiger partial charge in [-0.2, -0.15) is 0 Å². The standard InChI is InChI=1S/C13H27NO6/c1-6-18-10-19-9-11(15)14(7-8-17-5)12(16)20-13(2,3)4/h11,15H,6-10H2,1-5H3. The molecule has 0 aromatic carbocycles. The highest BCUT2D eigenvalue weighted by atomic mass is 16.7. The molecule has 0 rings (SSSR count). The predicted octanol–water partition coefficient (Wildman–Crippen LogP) is 1.20. The first kappa shape index (κ1) is 19.1. The van der Waals surface area contributed by atoms with E-state index in [1.54, 1.807) is 20.8 Å². The molecule has 0 aliphatic rings. The fourth-order valence-electron chi connectivity index (χ4n) is 1.26. The molecule has 1 atom stereocenters. The second kappa shape index (κ2) is 9.93. The van der Waals surface area contributed by atoms with Crippen molar-refractivity contribution in [1.29, 1.82) is 0 Å². The molecule has 1 N–H and O–H groups in total. The van der Waals surface area contributed by atoms with Gasteiger partial charge in [0.1, 0.15) is 12.4 Å². The smallest absolute Gasteiger partial charge is 0.412 e. The number of aliphatic hydroxyl groups is 1. The minimum absolute atomic E-state index is 0.0526. The Morgan fingerprint density at radius 3 is 2.45 bits per heavy atom. The van der Waals surface area contributed by atoms with Crippen LogP contribution in [0.3, 0.4) is 0 Å². The summed E-state index contributed by atoms with van der Waals surface area (Å²) in [7, 11) is 1.52. The number of hydrogen-bond donors (Lipinski definition) is 1. The molecule has 0 heterocycles. The largest absolute Gasteiger partial charge is 0.444 e. The Labute approximate surface area is 120 Å². The fraction of sp³-hybridized carbons (Fsp3) is 0.923. The molecule has 0 radical (unpaired) electrons. The van der Waals surface area contributed by atoms with Gasteiger partial charge in [-0.25, -0.2) is 4.79 Å². The van der Waals surface area contributed by atoms with Gasteiger partial charge in [-0.15, -0.1) is 0 Å². The van der Waals surface area contributed by atoms with Crippen molar-refractivity contribution in [2.45, 2.75) is 39.5 Å². The fourth-order valence-corrected chi connectivity index (χ4v) is 1.26. The van der Waals surface area contributed by atoms with Crippen molar-refractivity contribution in [3.8, 4) is 0 Å². The highest BCUT2D eigenvalue weighted by molar-refractivity contribution is 5.68. The molecular weight excluding hydrogens is 266 g/mol. The van der Waals surface area contributed by atoms with Gasteiger partial charge in [0.2, 0.25) is 0 Å². The van der Waals surface area contributed by atoms with Crippen LogP contribution in [-0.2, 0) is 18.9 Å². The van der Waals surface area contributed by atoms with Crippen LogP contribution < -0.4 is 0 Å². The summed E-state index contributed by atoms with van der Waals surface area (Å²) in [5, 5.41) is 9.99. The number of rotatable bonds is 9. The molecule has 0 aliphatic carbocycles. The lowest BCUT2D eigenvalue weighted by Gasteiger charge is -2.30. The van der Waals surface area contributed by atoms with Gasteiger partial charge in [0, 0.05) is 20.3 Å². The van der Waals surface area contributed by atoms with E-state index in [0.29, 0.717) is 13.2 Å².